The van der Waals surface area contributed by atoms with Gasteiger partial charge in [-0.15, -0.1) is 0 Å². The molecule has 108 valence electrons. The molecule has 16 heavy (non-hydrogen) atoms. The summed E-state index contributed by atoms with van der Waals surface area (Å²) < 4.78 is 0. The topological polar surface area (TPSA) is 216 Å². The molecule has 9 nitrogen and oxygen atoms in total. The van der Waals surface area contributed by atoms with Gasteiger partial charge in [-0.2, -0.15) is 0 Å². The van der Waals surface area contributed by atoms with Crippen LogP contribution in [0.3, 0.4) is 0 Å². The summed E-state index contributed by atoms with van der Waals surface area (Å²) in [5, 5.41) is 9.91. The SMILES string of the molecule is C1CNCCNCCN1.O.O.O.[Mo].[O-2].[O-2].[O-2]. The van der Waals surface area contributed by atoms with Gasteiger partial charge >= 0.3 is 0 Å². The van der Waals surface area contributed by atoms with E-state index < -0.39 is 0 Å². The summed E-state index contributed by atoms with van der Waals surface area (Å²) in [5.74, 6) is 0. The second kappa shape index (κ2) is 36.2. The van der Waals surface area contributed by atoms with E-state index in [1.807, 2.05) is 0 Å². The predicted octanol–water partition coefficient (Wildman–Crippen LogP) is -4.06. The molecule has 0 aromatic heterocycles. The molecule has 0 radical (unpaired) electrons. The summed E-state index contributed by atoms with van der Waals surface area (Å²) in [4.78, 5) is 0. The first kappa shape index (κ1) is 44.1. The molecule has 0 aliphatic carbocycles. The van der Waals surface area contributed by atoms with Gasteiger partial charge < -0.3 is 48.8 Å². The van der Waals surface area contributed by atoms with Gasteiger partial charge in [0.2, 0.25) is 0 Å². The van der Waals surface area contributed by atoms with Crippen molar-refractivity contribution in [2.45, 2.75) is 0 Å². The van der Waals surface area contributed by atoms with Gasteiger partial charge in [0.15, 0.2) is 0 Å². The fourth-order valence-corrected chi connectivity index (χ4v) is 0.905. The summed E-state index contributed by atoms with van der Waals surface area (Å²) in [7, 11) is 0. The molecule has 0 bridgehead atoms. The molecule has 0 spiro atoms. The van der Waals surface area contributed by atoms with Gasteiger partial charge in [0.25, 0.3) is 0 Å². The van der Waals surface area contributed by atoms with E-state index in [9.17, 15) is 0 Å². The summed E-state index contributed by atoms with van der Waals surface area (Å²) in [5.41, 5.74) is 0. The Morgan fingerprint density at radius 3 is 0.688 bits per heavy atom. The molecule has 1 rings (SSSR count). The van der Waals surface area contributed by atoms with Crippen molar-refractivity contribution in [1.29, 1.82) is 0 Å². The Hall–Kier alpha value is 0.328. The maximum Gasteiger partial charge on any atom is 0.00772 e. The van der Waals surface area contributed by atoms with Gasteiger partial charge in [-0.25, -0.2) is 0 Å². The molecule has 0 aromatic carbocycles. The number of hydrogen-bond donors (Lipinski definition) is 3. The van der Waals surface area contributed by atoms with E-state index in [0.717, 1.165) is 39.3 Å². The van der Waals surface area contributed by atoms with Crippen LogP contribution in [0.5, 0.6) is 0 Å². The molecule has 0 amide bonds. The second-order valence-electron chi connectivity index (χ2n) is 2.25. The maximum atomic E-state index is 3.30. The molecule has 1 fully saturated rings. The van der Waals surface area contributed by atoms with Crippen LogP contribution in [0.1, 0.15) is 0 Å². The van der Waals surface area contributed by atoms with Gasteiger partial charge in [0.1, 0.15) is 0 Å². The van der Waals surface area contributed by atoms with E-state index in [0.29, 0.717) is 0 Å². The molecule has 9 N–H and O–H groups in total. The zero-order valence-corrected chi connectivity index (χ0v) is 10.9. The zero-order chi connectivity index (χ0) is 6.36. The third-order valence-electron chi connectivity index (χ3n) is 1.44. The Bertz CT molecular complexity index is 56.8. The van der Waals surface area contributed by atoms with Crippen LogP contribution in [-0.2, 0) is 37.5 Å². The van der Waals surface area contributed by atoms with Gasteiger partial charge in [-0.05, 0) is 0 Å². The Morgan fingerprint density at radius 1 is 0.438 bits per heavy atom. The summed E-state index contributed by atoms with van der Waals surface area (Å²) >= 11 is 0. The number of hydrogen-bond acceptors (Lipinski definition) is 3. The fourth-order valence-electron chi connectivity index (χ4n) is 0.905. The average Bonchev–Trinajstić information content (AvgIpc) is 2.00. The summed E-state index contributed by atoms with van der Waals surface area (Å²) in [6.07, 6.45) is 0. The van der Waals surface area contributed by atoms with Gasteiger partial charge in [-0.3, -0.25) is 0 Å². The van der Waals surface area contributed by atoms with E-state index in [1.54, 1.807) is 0 Å². The molecule has 10 heteroatoms. The average molecular weight is 327 g/mol. The minimum Gasteiger partial charge on any atom is -2.00 e. The largest absolute Gasteiger partial charge is 2.00 e. The van der Waals surface area contributed by atoms with E-state index in [4.69, 9.17) is 0 Å². The first-order valence-electron chi connectivity index (χ1n) is 3.62. The van der Waals surface area contributed by atoms with Crippen LogP contribution in [0.4, 0.5) is 0 Å². The van der Waals surface area contributed by atoms with Crippen molar-refractivity contribution in [1.82, 2.24) is 16.0 Å². The van der Waals surface area contributed by atoms with Crippen molar-refractivity contribution in [3.63, 3.8) is 0 Å². The van der Waals surface area contributed by atoms with Gasteiger partial charge in [0.05, 0.1) is 0 Å². The van der Waals surface area contributed by atoms with Crippen LogP contribution in [0.15, 0.2) is 0 Å². The minimum atomic E-state index is 0. The maximum absolute atomic E-state index is 3.30. The first-order valence-corrected chi connectivity index (χ1v) is 3.62. The van der Waals surface area contributed by atoms with E-state index in [-0.39, 0.29) is 53.9 Å². The Morgan fingerprint density at radius 2 is 0.562 bits per heavy atom. The van der Waals surface area contributed by atoms with E-state index in [1.165, 1.54) is 0 Å². The molecular formula is C6H21MoN3O6-6. The van der Waals surface area contributed by atoms with Crippen molar-refractivity contribution in [3.05, 3.63) is 0 Å². The van der Waals surface area contributed by atoms with E-state index in [2.05, 4.69) is 16.0 Å². The number of rotatable bonds is 0. The molecule has 0 unspecified atom stereocenters. The van der Waals surface area contributed by atoms with Crippen LogP contribution in [0.25, 0.3) is 0 Å². The molecule has 1 aliphatic rings. The molecular weight excluding hydrogens is 306 g/mol. The monoisotopic (exact) mass is 329 g/mol. The van der Waals surface area contributed by atoms with Crippen LogP contribution >= 0.6 is 0 Å². The first-order chi connectivity index (χ1) is 4.50. The smallest absolute Gasteiger partial charge is 0.00772 e. The van der Waals surface area contributed by atoms with Crippen LogP contribution in [0, 0.1) is 0 Å². The second-order valence-corrected chi connectivity index (χ2v) is 2.25. The Labute approximate surface area is 109 Å². The quantitative estimate of drug-likeness (QED) is 0.378. The zero-order valence-electron chi connectivity index (χ0n) is 8.88. The number of nitrogens with one attached hydrogen (secondary N) is 3. The van der Waals surface area contributed by atoms with E-state index >= 15 is 0 Å². The molecule has 1 heterocycles. The molecule has 1 saturated heterocycles. The third-order valence-corrected chi connectivity index (χ3v) is 1.44. The van der Waals surface area contributed by atoms with Crippen molar-refractivity contribution in [2.24, 2.45) is 0 Å². The minimum absolute atomic E-state index is 0. The molecule has 0 saturated carbocycles. The van der Waals surface area contributed by atoms with Crippen LogP contribution in [-0.4, -0.2) is 55.7 Å². The van der Waals surface area contributed by atoms with Crippen molar-refractivity contribution < 1.29 is 53.9 Å². The van der Waals surface area contributed by atoms with Crippen molar-refractivity contribution >= 4 is 0 Å². The molecule has 1 aliphatic heterocycles. The summed E-state index contributed by atoms with van der Waals surface area (Å²) in [6, 6.07) is 0. The molecule has 0 atom stereocenters. The summed E-state index contributed by atoms with van der Waals surface area (Å²) in [6.45, 7) is 6.59. The predicted molar refractivity (Wildman–Crippen MR) is 51.5 cm³/mol. The Kier molecular flexibility index (Phi) is 99.7. The standard InChI is InChI=1S/C6H15N3.Mo.3H2O.3O/c1-2-8-5-6-9-4-3-7-1;;;;;;;/h7-9H,1-6H2;;3*1H2;;;/q;;;;;3*-2. The molecule has 0 aromatic rings. The van der Waals surface area contributed by atoms with Gasteiger partial charge in [-0.1, -0.05) is 0 Å². The van der Waals surface area contributed by atoms with Gasteiger partial charge in [0, 0.05) is 60.3 Å². The van der Waals surface area contributed by atoms with Crippen LogP contribution < -0.4 is 16.0 Å². The van der Waals surface area contributed by atoms with Crippen molar-refractivity contribution in [3.8, 4) is 0 Å². The van der Waals surface area contributed by atoms with Crippen LogP contribution in [0.2, 0.25) is 0 Å². The fraction of sp³-hybridized carbons (Fsp3) is 1.00. The van der Waals surface area contributed by atoms with Crippen molar-refractivity contribution in [2.75, 3.05) is 39.3 Å². The third kappa shape index (κ3) is 29.3. The Balaban J connectivity index is -0.0000000231. The normalized spacial score (nSPS) is 13.5.